The van der Waals surface area contributed by atoms with E-state index in [1.807, 2.05) is 0 Å². The number of nitriles is 1. The molecule has 0 spiro atoms. The molecule has 0 N–H and O–H groups in total. The van der Waals surface area contributed by atoms with Crippen LogP contribution in [0.3, 0.4) is 0 Å². The molecule has 1 fully saturated rings. The summed E-state index contributed by atoms with van der Waals surface area (Å²) in [5.74, 6) is -2.64. The minimum absolute atomic E-state index is 0.00500. The van der Waals surface area contributed by atoms with Crippen LogP contribution in [-0.4, -0.2) is 12.4 Å². The molecule has 0 bridgehead atoms. The molecule has 1 aromatic rings. The Labute approximate surface area is 144 Å². The predicted octanol–water partition coefficient (Wildman–Crippen LogP) is 6.01. The topological polar surface area (TPSA) is 23.8 Å². The number of nitrogens with zero attached hydrogens (tertiary/aromatic N) is 1. The van der Waals surface area contributed by atoms with Crippen LogP contribution in [-0.2, 0) is 0 Å². The molecule has 0 saturated heterocycles. The van der Waals surface area contributed by atoms with Crippen LogP contribution in [0, 0.1) is 11.3 Å². The van der Waals surface area contributed by atoms with E-state index in [1.54, 1.807) is 6.07 Å². The summed E-state index contributed by atoms with van der Waals surface area (Å²) in [6, 6.07) is 8.38. The summed E-state index contributed by atoms with van der Waals surface area (Å²) in [6.07, 6.45) is -10.6. The number of hydrogen-bond donors (Lipinski definition) is 0. The first kappa shape index (κ1) is 18.5. The number of allylic oxidation sites excluding steroid dienone is 5. The van der Waals surface area contributed by atoms with Crippen LogP contribution in [0.1, 0.15) is 5.56 Å². The number of rotatable bonds is 1. The number of alkyl halides is 6. The SMILES string of the molecule is N#CC(=C1C(=C(I)c2ccccc2)C1=C(F)C(F)(F)F)C(F)(F)F. The van der Waals surface area contributed by atoms with Crippen LogP contribution in [0.4, 0.5) is 30.7 Å². The minimum Gasteiger partial charge on any atom is -0.201 e. The Kier molecular flexibility index (Phi) is 4.81. The van der Waals surface area contributed by atoms with Gasteiger partial charge >= 0.3 is 12.4 Å². The van der Waals surface area contributed by atoms with Crippen molar-refractivity contribution in [2.75, 3.05) is 0 Å². The van der Waals surface area contributed by atoms with E-state index in [-0.39, 0.29) is 3.58 Å². The van der Waals surface area contributed by atoms with Gasteiger partial charge in [-0.25, -0.2) is 4.39 Å². The smallest absolute Gasteiger partial charge is 0.201 e. The zero-order valence-electron chi connectivity index (χ0n) is 11.4. The van der Waals surface area contributed by atoms with Crippen molar-refractivity contribution in [1.29, 1.82) is 5.26 Å². The summed E-state index contributed by atoms with van der Waals surface area (Å²) < 4.78 is 89.8. The highest BCUT2D eigenvalue weighted by Crippen LogP contribution is 2.58. The number of hydrogen-bond acceptors (Lipinski definition) is 1. The lowest BCUT2D eigenvalue weighted by Crippen LogP contribution is -2.11. The molecule has 0 amide bonds. The van der Waals surface area contributed by atoms with E-state index in [0.717, 1.165) is 6.07 Å². The second kappa shape index (κ2) is 6.23. The van der Waals surface area contributed by atoms with Gasteiger partial charge in [-0.1, -0.05) is 30.3 Å². The molecule has 0 unspecified atom stereocenters. The second-order valence-corrected chi connectivity index (χ2v) is 5.68. The first-order chi connectivity index (χ1) is 11.0. The van der Waals surface area contributed by atoms with Crippen LogP contribution in [0.25, 0.3) is 3.58 Å². The average molecular weight is 459 g/mol. The van der Waals surface area contributed by atoms with E-state index in [4.69, 9.17) is 5.26 Å². The number of benzene rings is 1. The van der Waals surface area contributed by atoms with Gasteiger partial charge in [-0.15, -0.1) is 0 Å². The van der Waals surface area contributed by atoms with Gasteiger partial charge in [0.1, 0.15) is 11.6 Å². The Morgan fingerprint density at radius 1 is 0.875 bits per heavy atom. The second-order valence-electron chi connectivity index (χ2n) is 4.60. The molecule has 0 aromatic heterocycles. The maximum Gasteiger partial charge on any atom is 0.443 e. The van der Waals surface area contributed by atoms with Gasteiger partial charge < -0.3 is 0 Å². The van der Waals surface area contributed by atoms with Crippen molar-refractivity contribution in [3.8, 4) is 6.07 Å². The summed E-state index contributed by atoms with van der Waals surface area (Å²) in [4.78, 5) is 0. The van der Waals surface area contributed by atoms with E-state index in [2.05, 4.69) is 0 Å². The molecule has 2 rings (SSSR count). The van der Waals surface area contributed by atoms with Crippen LogP contribution in [0.15, 0.2) is 58.5 Å². The van der Waals surface area contributed by atoms with Crippen molar-refractivity contribution in [2.24, 2.45) is 0 Å². The monoisotopic (exact) mass is 459 g/mol. The van der Waals surface area contributed by atoms with Crippen molar-refractivity contribution in [1.82, 2.24) is 0 Å². The van der Waals surface area contributed by atoms with Crippen molar-refractivity contribution in [3.05, 3.63) is 64.0 Å². The molecule has 126 valence electrons. The molecular weight excluding hydrogens is 454 g/mol. The van der Waals surface area contributed by atoms with Gasteiger partial charge in [0.05, 0.1) is 0 Å². The van der Waals surface area contributed by atoms with E-state index >= 15 is 0 Å². The lowest BCUT2D eigenvalue weighted by molar-refractivity contribution is -0.109. The summed E-state index contributed by atoms with van der Waals surface area (Å²) in [5.41, 5.74) is -4.35. The Hall–Kier alpha value is -1.83. The summed E-state index contributed by atoms with van der Waals surface area (Å²) in [7, 11) is 0. The third-order valence-corrected chi connectivity index (χ3v) is 4.21. The third kappa shape index (κ3) is 3.48. The molecule has 1 aliphatic carbocycles. The highest BCUT2D eigenvalue weighted by Gasteiger charge is 2.52. The number of halogens is 8. The van der Waals surface area contributed by atoms with Gasteiger partial charge in [0.25, 0.3) is 0 Å². The first-order valence-electron chi connectivity index (χ1n) is 6.15. The van der Waals surface area contributed by atoms with Crippen molar-refractivity contribution in [2.45, 2.75) is 12.4 Å². The standard InChI is InChI=1S/C15H5F7IN/c16-13(15(20,21)22)11-9(8(6-24)14(17,18)19)10(11)12(23)7-4-2-1-3-5-7/h1-5H. The van der Waals surface area contributed by atoms with Gasteiger partial charge in [-0.2, -0.15) is 31.6 Å². The summed E-state index contributed by atoms with van der Waals surface area (Å²) >= 11 is 1.53. The molecule has 0 aliphatic heterocycles. The van der Waals surface area contributed by atoms with Gasteiger partial charge in [-0.3, -0.25) is 0 Å². The Balaban J connectivity index is 2.80. The van der Waals surface area contributed by atoms with E-state index in [1.165, 1.54) is 46.9 Å². The fourth-order valence-electron chi connectivity index (χ4n) is 2.01. The molecule has 0 radical (unpaired) electrons. The first-order valence-corrected chi connectivity index (χ1v) is 7.22. The Morgan fingerprint density at radius 2 is 1.42 bits per heavy atom. The molecule has 1 aliphatic rings. The molecule has 24 heavy (non-hydrogen) atoms. The van der Waals surface area contributed by atoms with Crippen LogP contribution < -0.4 is 0 Å². The molecule has 0 heterocycles. The van der Waals surface area contributed by atoms with E-state index in [0.29, 0.717) is 5.56 Å². The quantitative estimate of drug-likeness (QED) is 0.287. The normalized spacial score (nSPS) is 21.1. The molecule has 1 aromatic carbocycles. The maximum atomic E-state index is 13.6. The lowest BCUT2D eigenvalue weighted by Gasteiger charge is -2.02. The van der Waals surface area contributed by atoms with Gasteiger partial charge in [0, 0.05) is 20.3 Å². The predicted molar refractivity (Wildman–Crippen MR) is 80.3 cm³/mol. The summed E-state index contributed by atoms with van der Waals surface area (Å²) in [6.45, 7) is 0. The van der Waals surface area contributed by atoms with Crippen molar-refractivity contribution >= 4 is 26.2 Å². The maximum absolute atomic E-state index is 13.6. The Morgan fingerprint density at radius 3 is 1.83 bits per heavy atom. The van der Waals surface area contributed by atoms with Crippen molar-refractivity contribution < 1.29 is 30.7 Å². The fraction of sp³-hybridized carbons (Fsp3) is 0.133. The van der Waals surface area contributed by atoms with Gasteiger partial charge in [0.2, 0.25) is 5.83 Å². The molecule has 9 heteroatoms. The van der Waals surface area contributed by atoms with Gasteiger partial charge in [0.15, 0.2) is 0 Å². The van der Waals surface area contributed by atoms with Crippen LogP contribution in [0.5, 0.6) is 0 Å². The molecule has 1 nitrogen and oxygen atoms in total. The van der Waals surface area contributed by atoms with Gasteiger partial charge in [-0.05, 0) is 28.2 Å². The Bertz CT molecular complexity index is 805. The van der Waals surface area contributed by atoms with E-state index in [9.17, 15) is 30.7 Å². The average Bonchev–Trinajstić information content (AvgIpc) is 3.19. The summed E-state index contributed by atoms with van der Waals surface area (Å²) in [5, 5.41) is 8.67. The molecular formula is C15H5F7IN. The lowest BCUT2D eigenvalue weighted by atomic mass is 10.2. The highest BCUT2D eigenvalue weighted by atomic mass is 127. The van der Waals surface area contributed by atoms with E-state index < -0.39 is 40.5 Å². The van der Waals surface area contributed by atoms with Crippen molar-refractivity contribution in [3.63, 3.8) is 0 Å². The zero-order valence-corrected chi connectivity index (χ0v) is 13.5. The van der Waals surface area contributed by atoms with Crippen LogP contribution in [0.2, 0.25) is 0 Å². The zero-order chi connectivity index (χ0) is 18.3. The largest absolute Gasteiger partial charge is 0.443 e. The highest BCUT2D eigenvalue weighted by molar-refractivity contribution is 14.1. The molecule has 1 saturated carbocycles. The van der Waals surface area contributed by atoms with Crippen LogP contribution >= 0.6 is 22.6 Å². The minimum atomic E-state index is -5.44. The fourth-order valence-corrected chi connectivity index (χ4v) is 2.91. The molecule has 0 atom stereocenters. The third-order valence-electron chi connectivity index (χ3n) is 3.05.